The van der Waals surface area contributed by atoms with Gasteiger partial charge >= 0.3 is 0 Å². The predicted octanol–water partition coefficient (Wildman–Crippen LogP) is 1.69. The fourth-order valence-electron chi connectivity index (χ4n) is 1.51. The van der Waals surface area contributed by atoms with E-state index in [2.05, 4.69) is 21.0 Å². The molecule has 2 N–H and O–H groups in total. The van der Waals surface area contributed by atoms with Crippen LogP contribution in [0.5, 0.6) is 0 Å². The van der Waals surface area contributed by atoms with Crippen LogP contribution in [0.4, 0.5) is 0 Å². The van der Waals surface area contributed by atoms with E-state index in [1.54, 1.807) is 6.92 Å². The number of nitrogens with two attached hydrogens (primary N) is 1. The summed E-state index contributed by atoms with van der Waals surface area (Å²) in [5, 5.41) is 4.44. The van der Waals surface area contributed by atoms with Gasteiger partial charge in [-0.05, 0) is 36.2 Å². The highest BCUT2D eigenvalue weighted by Gasteiger charge is 2.18. The molecular formula is C11H18BrN3O. The number of aromatic nitrogens is 2. The molecule has 90 valence electrons. The second-order valence-electron chi connectivity index (χ2n) is 3.81. The average Bonchev–Trinajstić information content (AvgIpc) is 2.55. The van der Waals surface area contributed by atoms with Gasteiger partial charge in [-0.1, -0.05) is 6.92 Å². The van der Waals surface area contributed by atoms with E-state index >= 15 is 0 Å². The van der Waals surface area contributed by atoms with Crippen molar-refractivity contribution < 1.29 is 4.79 Å². The molecular weight excluding hydrogens is 270 g/mol. The quantitative estimate of drug-likeness (QED) is 0.896. The second-order valence-corrected chi connectivity index (χ2v) is 4.60. The number of hydrogen-bond donors (Lipinski definition) is 1. The molecule has 1 rings (SSSR count). The van der Waals surface area contributed by atoms with E-state index in [4.69, 9.17) is 5.73 Å². The summed E-state index contributed by atoms with van der Waals surface area (Å²) in [5.74, 6) is 0.0398. The van der Waals surface area contributed by atoms with Crippen molar-refractivity contribution in [3.05, 3.63) is 15.9 Å². The first-order chi connectivity index (χ1) is 7.51. The Bertz CT molecular complexity index is 385. The summed E-state index contributed by atoms with van der Waals surface area (Å²) in [6.07, 6.45) is 1.20. The first-order valence-electron chi connectivity index (χ1n) is 5.53. The molecule has 0 aliphatic rings. The lowest BCUT2D eigenvalue weighted by Crippen LogP contribution is -2.29. The van der Waals surface area contributed by atoms with Gasteiger partial charge < -0.3 is 5.73 Å². The van der Waals surface area contributed by atoms with Crippen molar-refractivity contribution in [1.82, 2.24) is 9.78 Å². The van der Waals surface area contributed by atoms with E-state index < -0.39 is 6.04 Å². The van der Waals surface area contributed by atoms with Crippen LogP contribution in [0.25, 0.3) is 0 Å². The van der Waals surface area contributed by atoms with Crippen molar-refractivity contribution in [2.75, 3.05) is 0 Å². The Morgan fingerprint density at radius 2 is 2.19 bits per heavy atom. The minimum atomic E-state index is -0.419. The summed E-state index contributed by atoms with van der Waals surface area (Å²) in [5.41, 5.74) is 7.50. The molecule has 0 radical (unpaired) electrons. The smallest absolute Gasteiger partial charge is 0.155 e. The minimum Gasteiger partial charge on any atom is -0.322 e. The third-order valence-electron chi connectivity index (χ3n) is 2.54. The second kappa shape index (κ2) is 5.59. The molecule has 0 spiro atoms. The van der Waals surface area contributed by atoms with Gasteiger partial charge in [-0.3, -0.25) is 9.48 Å². The lowest BCUT2D eigenvalue weighted by Gasteiger charge is -2.06. The Balaban J connectivity index is 3.02. The molecule has 4 nitrogen and oxygen atoms in total. The summed E-state index contributed by atoms with van der Waals surface area (Å²) >= 11 is 3.50. The van der Waals surface area contributed by atoms with Gasteiger partial charge in [-0.15, -0.1) is 0 Å². The van der Waals surface area contributed by atoms with Crippen LogP contribution in [0.2, 0.25) is 0 Å². The average molecular weight is 288 g/mol. The van der Waals surface area contributed by atoms with Crippen LogP contribution in [0.1, 0.15) is 32.2 Å². The van der Waals surface area contributed by atoms with Gasteiger partial charge in [0, 0.05) is 6.54 Å². The highest BCUT2D eigenvalue weighted by molar-refractivity contribution is 9.10. The van der Waals surface area contributed by atoms with E-state index in [1.165, 1.54) is 0 Å². The molecule has 0 bridgehead atoms. The zero-order chi connectivity index (χ0) is 12.3. The van der Waals surface area contributed by atoms with E-state index in [1.807, 2.05) is 18.5 Å². The number of carbonyl (C=O) groups excluding carboxylic acids is 1. The number of ketones is 1. The van der Waals surface area contributed by atoms with E-state index in [9.17, 15) is 4.79 Å². The highest BCUT2D eigenvalue weighted by Crippen LogP contribution is 2.23. The third-order valence-corrected chi connectivity index (χ3v) is 3.46. The molecule has 0 fully saturated rings. The number of hydrogen-bond acceptors (Lipinski definition) is 3. The Hall–Kier alpha value is -0.680. The molecule has 1 aromatic heterocycles. The maximum Gasteiger partial charge on any atom is 0.155 e. The van der Waals surface area contributed by atoms with E-state index in [0.717, 1.165) is 28.8 Å². The number of Topliss-reactive ketones (excluding diaryl/α,β-unsaturated/α-hetero) is 1. The number of rotatable bonds is 5. The Labute approximate surface area is 104 Å². The van der Waals surface area contributed by atoms with Crippen LogP contribution in [-0.2, 0) is 24.2 Å². The number of carbonyl (C=O) groups is 1. The highest BCUT2D eigenvalue weighted by atomic mass is 79.9. The van der Waals surface area contributed by atoms with Gasteiger partial charge in [0.1, 0.15) is 0 Å². The molecule has 16 heavy (non-hydrogen) atoms. The van der Waals surface area contributed by atoms with Crippen molar-refractivity contribution in [1.29, 1.82) is 0 Å². The molecule has 5 heteroatoms. The molecule has 0 saturated heterocycles. The zero-order valence-electron chi connectivity index (χ0n) is 9.96. The molecule has 1 heterocycles. The SMILES string of the molecule is CCc1nn(CC)c(CC(=O)C(C)N)c1Br. The van der Waals surface area contributed by atoms with E-state index in [-0.39, 0.29) is 5.78 Å². The fourth-order valence-corrected chi connectivity index (χ4v) is 2.22. The first kappa shape index (κ1) is 13.4. The summed E-state index contributed by atoms with van der Waals surface area (Å²) in [7, 11) is 0. The van der Waals surface area contributed by atoms with Crippen molar-refractivity contribution in [3.63, 3.8) is 0 Å². The summed E-state index contributed by atoms with van der Waals surface area (Å²) in [6, 6.07) is -0.419. The normalized spacial score (nSPS) is 12.8. The van der Waals surface area contributed by atoms with Gasteiger partial charge in [0.15, 0.2) is 5.78 Å². The molecule has 1 unspecified atom stereocenters. The van der Waals surface area contributed by atoms with E-state index in [0.29, 0.717) is 6.42 Å². The predicted molar refractivity (Wildman–Crippen MR) is 67.3 cm³/mol. The molecule has 0 saturated carbocycles. The molecule has 1 atom stereocenters. The van der Waals surface area contributed by atoms with Gasteiger partial charge in [0.2, 0.25) is 0 Å². The Morgan fingerprint density at radius 3 is 2.62 bits per heavy atom. The van der Waals surface area contributed by atoms with Crippen LogP contribution >= 0.6 is 15.9 Å². The third kappa shape index (κ3) is 2.71. The minimum absolute atomic E-state index is 0.0398. The summed E-state index contributed by atoms with van der Waals surface area (Å²) in [4.78, 5) is 11.6. The molecule has 0 aliphatic heterocycles. The van der Waals surface area contributed by atoms with Gasteiger partial charge in [0.25, 0.3) is 0 Å². The standard InChI is InChI=1S/C11H18BrN3O/c1-4-8-11(12)9(15(5-2)14-8)6-10(16)7(3)13/h7H,4-6,13H2,1-3H3. The molecule has 0 aliphatic carbocycles. The summed E-state index contributed by atoms with van der Waals surface area (Å²) in [6.45, 7) is 6.53. The van der Waals surface area contributed by atoms with Crippen molar-refractivity contribution >= 4 is 21.7 Å². The van der Waals surface area contributed by atoms with Crippen LogP contribution in [-0.4, -0.2) is 21.6 Å². The van der Waals surface area contributed by atoms with Gasteiger partial charge in [-0.2, -0.15) is 5.10 Å². The molecule has 0 amide bonds. The molecule has 0 aromatic carbocycles. The Morgan fingerprint density at radius 1 is 1.56 bits per heavy atom. The summed E-state index contributed by atoms with van der Waals surface area (Å²) < 4.78 is 2.81. The number of aryl methyl sites for hydroxylation is 2. The largest absolute Gasteiger partial charge is 0.322 e. The Kier molecular flexibility index (Phi) is 4.68. The lowest BCUT2D eigenvalue weighted by molar-refractivity contribution is -0.119. The lowest BCUT2D eigenvalue weighted by atomic mass is 10.1. The fraction of sp³-hybridized carbons (Fsp3) is 0.636. The maximum absolute atomic E-state index is 11.6. The van der Waals surface area contributed by atoms with Crippen molar-refractivity contribution in [2.45, 2.75) is 46.2 Å². The van der Waals surface area contributed by atoms with Gasteiger partial charge in [0.05, 0.1) is 28.3 Å². The van der Waals surface area contributed by atoms with Crippen molar-refractivity contribution in [3.8, 4) is 0 Å². The topological polar surface area (TPSA) is 60.9 Å². The number of halogens is 1. The van der Waals surface area contributed by atoms with Crippen LogP contribution < -0.4 is 5.73 Å². The first-order valence-corrected chi connectivity index (χ1v) is 6.32. The van der Waals surface area contributed by atoms with Crippen molar-refractivity contribution in [2.24, 2.45) is 5.73 Å². The zero-order valence-corrected chi connectivity index (χ0v) is 11.5. The van der Waals surface area contributed by atoms with Crippen LogP contribution in [0.3, 0.4) is 0 Å². The molecule has 1 aromatic rings. The monoisotopic (exact) mass is 287 g/mol. The maximum atomic E-state index is 11.6. The van der Waals surface area contributed by atoms with Gasteiger partial charge in [-0.25, -0.2) is 0 Å². The van der Waals surface area contributed by atoms with Crippen LogP contribution in [0.15, 0.2) is 4.47 Å². The van der Waals surface area contributed by atoms with Crippen LogP contribution in [0, 0.1) is 0 Å². The number of nitrogens with zero attached hydrogens (tertiary/aromatic N) is 2.